The Bertz CT molecular complexity index is 1580. The van der Waals surface area contributed by atoms with Gasteiger partial charge >= 0.3 is 0 Å². The Morgan fingerprint density at radius 3 is 2.29 bits per heavy atom. The number of hydrogen-bond acceptors (Lipinski definition) is 5. The van der Waals surface area contributed by atoms with E-state index in [-0.39, 0.29) is 45.2 Å². The highest BCUT2D eigenvalue weighted by atomic mass is 19.2. The molecule has 1 heterocycles. The number of fused-ring (bicyclic) bond motifs is 1. The number of anilines is 2. The van der Waals surface area contributed by atoms with E-state index in [0.717, 1.165) is 18.2 Å². The zero-order chi connectivity index (χ0) is 24.9. The summed E-state index contributed by atoms with van der Waals surface area (Å²) >= 11 is 0. The Morgan fingerprint density at radius 1 is 0.771 bits per heavy atom. The maximum Gasteiger partial charge on any atom is 0.227 e. The number of rotatable bonds is 4. The molecule has 0 fully saturated rings. The second kappa shape index (κ2) is 8.35. The summed E-state index contributed by atoms with van der Waals surface area (Å²) in [6, 6.07) is 14.0. The number of ether oxygens (including phenoxy) is 1. The van der Waals surface area contributed by atoms with Crippen LogP contribution in [0.4, 0.5) is 28.9 Å². The molecule has 0 atom stereocenters. The molecule has 4 aromatic carbocycles. The minimum Gasteiger partial charge on any atom is -0.496 e. The Hall–Kier alpha value is -4.53. The predicted octanol–water partition coefficient (Wildman–Crippen LogP) is 6.56. The third kappa shape index (κ3) is 3.80. The number of benzene rings is 4. The van der Waals surface area contributed by atoms with E-state index in [1.165, 1.54) is 25.3 Å². The molecular weight excluding hydrogens is 462 g/mol. The van der Waals surface area contributed by atoms with Gasteiger partial charge in [-0.2, -0.15) is 0 Å². The van der Waals surface area contributed by atoms with Gasteiger partial charge in [0.2, 0.25) is 5.89 Å². The van der Waals surface area contributed by atoms with E-state index in [2.05, 4.69) is 4.98 Å². The minimum absolute atomic E-state index is 0.0387. The molecule has 0 saturated heterocycles. The molecular formula is C26H17F4N3O2. The average molecular weight is 479 g/mol. The van der Waals surface area contributed by atoms with Crippen LogP contribution in [0.3, 0.4) is 0 Å². The Kier molecular flexibility index (Phi) is 5.32. The van der Waals surface area contributed by atoms with Crippen molar-refractivity contribution in [3.8, 4) is 39.5 Å². The SMILES string of the molecule is COc1cc(F)c(-c2ccc(N)c(N)c2F)cc1-c1cccc(-c2nc3cc(F)c(F)cc3o2)c1. The van der Waals surface area contributed by atoms with Crippen molar-refractivity contribution in [2.45, 2.75) is 0 Å². The van der Waals surface area contributed by atoms with E-state index in [9.17, 15) is 17.6 Å². The number of aromatic nitrogens is 1. The van der Waals surface area contributed by atoms with E-state index < -0.39 is 23.3 Å². The van der Waals surface area contributed by atoms with Crippen LogP contribution in [-0.2, 0) is 0 Å². The van der Waals surface area contributed by atoms with Crippen molar-refractivity contribution in [2.75, 3.05) is 18.6 Å². The standard InChI is InChI=1S/C26H17F4N3O2/c1-34-22-10-17(27)16(14-5-6-20(31)25(32)24(14)30)8-15(22)12-3-2-4-13(7-12)26-33-21-9-18(28)19(29)11-23(21)35-26/h2-11H,31-32H2,1H3. The van der Waals surface area contributed by atoms with E-state index in [1.807, 2.05) is 0 Å². The maximum absolute atomic E-state index is 15.0. The molecule has 0 unspecified atom stereocenters. The van der Waals surface area contributed by atoms with Crippen LogP contribution in [0, 0.1) is 23.3 Å². The van der Waals surface area contributed by atoms with Crippen molar-refractivity contribution in [1.82, 2.24) is 4.98 Å². The summed E-state index contributed by atoms with van der Waals surface area (Å²) in [5.74, 6) is -3.30. The second-order valence-electron chi connectivity index (χ2n) is 7.80. The fourth-order valence-corrected chi connectivity index (χ4v) is 3.84. The highest BCUT2D eigenvalue weighted by Gasteiger charge is 2.19. The van der Waals surface area contributed by atoms with Crippen LogP contribution >= 0.6 is 0 Å². The fourth-order valence-electron chi connectivity index (χ4n) is 3.84. The van der Waals surface area contributed by atoms with Crippen LogP contribution in [0.15, 0.2) is 65.1 Å². The lowest BCUT2D eigenvalue weighted by Crippen LogP contribution is -2.01. The molecule has 0 aliphatic heterocycles. The van der Waals surface area contributed by atoms with Gasteiger partial charge in [-0.3, -0.25) is 0 Å². The van der Waals surface area contributed by atoms with Gasteiger partial charge in [0.15, 0.2) is 23.0 Å². The quantitative estimate of drug-likeness (QED) is 0.225. The molecule has 5 aromatic rings. The number of nitrogen functional groups attached to an aromatic ring is 2. The normalized spacial score (nSPS) is 11.2. The van der Waals surface area contributed by atoms with Crippen LogP contribution in [0.5, 0.6) is 5.75 Å². The molecule has 176 valence electrons. The molecule has 0 aliphatic carbocycles. The van der Waals surface area contributed by atoms with E-state index in [0.29, 0.717) is 16.7 Å². The summed E-state index contributed by atoms with van der Waals surface area (Å²) in [5, 5.41) is 0. The van der Waals surface area contributed by atoms with Gasteiger partial charge in [-0.25, -0.2) is 22.5 Å². The summed E-state index contributed by atoms with van der Waals surface area (Å²) in [7, 11) is 1.38. The molecule has 5 rings (SSSR count). The molecule has 4 N–H and O–H groups in total. The largest absolute Gasteiger partial charge is 0.496 e. The maximum atomic E-state index is 15.0. The zero-order valence-electron chi connectivity index (χ0n) is 18.2. The van der Waals surface area contributed by atoms with Gasteiger partial charge < -0.3 is 20.6 Å². The highest BCUT2D eigenvalue weighted by molar-refractivity contribution is 5.83. The first-order valence-corrected chi connectivity index (χ1v) is 10.3. The molecule has 0 bridgehead atoms. The smallest absolute Gasteiger partial charge is 0.227 e. The second-order valence-corrected chi connectivity index (χ2v) is 7.80. The molecule has 0 aliphatic rings. The number of oxazole rings is 1. The van der Waals surface area contributed by atoms with Crippen molar-refractivity contribution in [3.05, 3.63) is 83.9 Å². The van der Waals surface area contributed by atoms with Gasteiger partial charge in [-0.15, -0.1) is 0 Å². The Balaban J connectivity index is 1.65. The van der Waals surface area contributed by atoms with Crippen molar-refractivity contribution >= 4 is 22.5 Å². The average Bonchev–Trinajstić information content (AvgIpc) is 3.26. The minimum atomic E-state index is -1.05. The van der Waals surface area contributed by atoms with Crippen LogP contribution < -0.4 is 16.2 Å². The number of halogens is 4. The van der Waals surface area contributed by atoms with Gasteiger partial charge in [0, 0.05) is 40.5 Å². The lowest BCUT2D eigenvalue weighted by atomic mass is 9.95. The van der Waals surface area contributed by atoms with Gasteiger partial charge in [0.25, 0.3) is 0 Å². The van der Waals surface area contributed by atoms with Crippen molar-refractivity contribution in [2.24, 2.45) is 0 Å². The zero-order valence-corrected chi connectivity index (χ0v) is 18.2. The first-order chi connectivity index (χ1) is 16.8. The van der Waals surface area contributed by atoms with Gasteiger partial charge in [0.1, 0.15) is 17.1 Å². The summed E-state index contributed by atoms with van der Waals surface area (Å²) in [4.78, 5) is 4.23. The van der Waals surface area contributed by atoms with Gasteiger partial charge in [-0.1, -0.05) is 12.1 Å². The lowest BCUT2D eigenvalue weighted by Gasteiger charge is -2.14. The Morgan fingerprint density at radius 2 is 1.51 bits per heavy atom. The van der Waals surface area contributed by atoms with E-state index in [1.54, 1.807) is 24.3 Å². The summed E-state index contributed by atoms with van der Waals surface area (Å²) in [5.41, 5.74) is 12.8. The topological polar surface area (TPSA) is 87.3 Å². The molecule has 9 heteroatoms. The molecule has 0 saturated carbocycles. The van der Waals surface area contributed by atoms with Crippen LogP contribution in [0.2, 0.25) is 0 Å². The summed E-state index contributed by atoms with van der Waals surface area (Å²) in [6.45, 7) is 0. The molecule has 1 aromatic heterocycles. The summed E-state index contributed by atoms with van der Waals surface area (Å²) in [6.07, 6.45) is 0. The molecule has 35 heavy (non-hydrogen) atoms. The van der Waals surface area contributed by atoms with Crippen LogP contribution in [-0.4, -0.2) is 12.1 Å². The Labute approximate surface area is 196 Å². The summed E-state index contributed by atoms with van der Waals surface area (Å²) < 4.78 is 67.9. The monoisotopic (exact) mass is 479 g/mol. The predicted molar refractivity (Wildman–Crippen MR) is 126 cm³/mol. The molecule has 0 spiro atoms. The van der Waals surface area contributed by atoms with Gasteiger partial charge in [-0.05, 0) is 35.9 Å². The van der Waals surface area contributed by atoms with Crippen molar-refractivity contribution in [3.63, 3.8) is 0 Å². The first-order valence-electron chi connectivity index (χ1n) is 10.3. The third-order valence-corrected chi connectivity index (χ3v) is 5.64. The number of nitrogens with zero attached hydrogens (tertiary/aromatic N) is 1. The van der Waals surface area contributed by atoms with Crippen LogP contribution in [0.1, 0.15) is 0 Å². The highest BCUT2D eigenvalue weighted by Crippen LogP contribution is 2.40. The molecule has 0 amide bonds. The number of nitrogens with two attached hydrogens (primary N) is 2. The first kappa shape index (κ1) is 22.3. The fraction of sp³-hybridized carbons (Fsp3) is 0.0385. The van der Waals surface area contributed by atoms with Crippen LogP contribution in [0.25, 0.3) is 44.8 Å². The number of hydrogen-bond donors (Lipinski definition) is 2. The van der Waals surface area contributed by atoms with Crippen molar-refractivity contribution in [1.29, 1.82) is 0 Å². The van der Waals surface area contributed by atoms with E-state index in [4.69, 9.17) is 20.6 Å². The molecule has 0 radical (unpaired) electrons. The molecule has 5 nitrogen and oxygen atoms in total. The van der Waals surface area contributed by atoms with E-state index >= 15 is 0 Å². The van der Waals surface area contributed by atoms with Crippen molar-refractivity contribution < 1.29 is 26.7 Å². The number of methoxy groups -OCH3 is 1. The lowest BCUT2D eigenvalue weighted by molar-refractivity contribution is 0.413. The van der Waals surface area contributed by atoms with Gasteiger partial charge in [0.05, 0.1) is 18.5 Å². The third-order valence-electron chi connectivity index (χ3n) is 5.64.